The molecule has 0 saturated carbocycles. The predicted molar refractivity (Wildman–Crippen MR) is 162 cm³/mol. The molecule has 1 fully saturated rings. The van der Waals surface area contributed by atoms with Gasteiger partial charge in [-0.2, -0.15) is 17.6 Å². The van der Waals surface area contributed by atoms with Gasteiger partial charge in [-0.3, -0.25) is 9.59 Å². The number of nitrogens with one attached hydrogen (secondary N) is 1. The van der Waals surface area contributed by atoms with Crippen molar-refractivity contribution in [2.45, 2.75) is 75.9 Å². The van der Waals surface area contributed by atoms with Gasteiger partial charge in [-0.1, -0.05) is 70.3 Å². The number of nitrogens with zero attached hydrogens (tertiary/aromatic N) is 1. The Morgan fingerprint density at radius 3 is 2.20 bits per heavy atom. The van der Waals surface area contributed by atoms with Crippen LogP contribution in [0.4, 0.5) is 26.3 Å². The summed E-state index contributed by atoms with van der Waals surface area (Å²) in [6.45, 7) is 9.84. The zero-order valence-corrected chi connectivity index (χ0v) is 27.3. The Hall–Kier alpha value is -4.00. The zero-order chi connectivity index (χ0) is 34.2. The Morgan fingerprint density at radius 1 is 1.00 bits per heavy atom. The molecule has 1 N–H and O–H groups in total. The molecule has 46 heavy (non-hydrogen) atoms. The lowest BCUT2D eigenvalue weighted by Crippen LogP contribution is -2.72. The smallest absolute Gasteiger partial charge is 0.461 e. The summed E-state index contributed by atoms with van der Waals surface area (Å²) in [7, 11) is -1.33. The van der Waals surface area contributed by atoms with Gasteiger partial charge in [0.25, 0.3) is 0 Å². The fourth-order valence-corrected chi connectivity index (χ4v) is 7.87. The lowest BCUT2D eigenvalue weighted by Gasteiger charge is -2.54. The molecule has 0 radical (unpaired) electrons. The highest BCUT2D eigenvalue weighted by Gasteiger charge is 2.55. The molecule has 1 aliphatic heterocycles. The highest BCUT2D eigenvalue weighted by Crippen LogP contribution is 2.44. The Labute approximate surface area is 264 Å². The van der Waals surface area contributed by atoms with Crippen LogP contribution in [0.2, 0.25) is 18.1 Å². The first kappa shape index (κ1) is 34.9. The molecule has 0 aromatic heterocycles. The number of halogens is 6. The fourth-order valence-electron chi connectivity index (χ4n) is 5.45. The van der Waals surface area contributed by atoms with Crippen molar-refractivity contribution in [1.29, 1.82) is 0 Å². The molecular weight excluding hydrogens is 630 g/mol. The summed E-state index contributed by atoms with van der Waals surface area (Å²) in [5, 5.41) is 2.59. The van der Waals surface area contributed by atoms with Crippen molar-refractivity contribution in [2.75, 3.05) is 7.11 Å². The van der Waals surface area contributed by atoms with Crippen LogP contribution in [-0.2, 0) is 21.5 Å². The molecule has 3 aromatic carbocycles. The van der Waals surface area contributed by atoms with Crippen molar-refractivity contribution in [2.24, 2.45) is 0 Å². The number of carbonyl (C=O) groups excluding carboxylic acids is 2. The molecule has 6 nitrogen and oxygen atoms in total. The molecule has 3 aromatic rings. The van der Waals surface area contributed by atoms with E-state index >= 15 is 8.78 Å². The number of ether oxygens (including phenoxy) is 2. The maximum Gasteiger partial charge on any atom is 0.461 e. The lowest BCUT2D eigenvalue weighted by molar-refractivity contribution is -0.253. The van der Waals surface area contributed by atoms with E-state index < -0.39 is 55.6 Å². The van der Waals surface area contributed by atoms with Gasteiger partial charge in [-0.25, -0.2) is 8.78 Å². The Morgan fingerprint density at radius 2 is 1.65 bits per heavy atom. The molecule has 1 unspecified atom stereocenters. The molecule has 0 bridgehead atoms. The largest absolute Gasteiger partial charge is 0.494 e. The van der Waals surface area contributed by atoms with E-state index in [1.165, 1.54) is 19.2 Å². The van der Waals surface area contributed by atoms with E-state index in [4.69, 9.17) is 4.74 Å². The minimum Gasteiger partial charge on any atom is -0.494 e. The van der Waals surface area contributed by atoms with Crippen molar-refractivity contribution in [3.63, 3.8) is 0 Å². The van der Waals surface area contributed by atoms with E-state index in [1.54, 1.807) is 34.9 Å². The molecule has 248 valence electrons. The number of β-lactam (4-membered cyclic amide) rings is 1. The van der Waals surface area contributed by atoms with Crippen LogP contribution in [0.5, 0.6) is 11.5 Å². The SMILES string of the molecule is COc1ccc([C@@](Cc2ccccc2)(NC(=O)C2CC(=O)N2[Si](C)(C)C(C)(C)C)c2cc(F)cc(OC(F)(F)C(F)F)c2)cc1F. The van der Waals surface area contributed by atoms with Crippen LogP contribution in [0, 0.1) is 11.6 Å². The third-order valence-corrected chi connectivity index (χ3v) is 14.3. The quantitative estimate of drug-likeness (QED) is 0.132. The van der Waals surface area contributed by atoms with E-state index in [1.807, 2.05) is 33.9 Å². The van der Waals surface area contributed by atoms with Gasteiger partial charge in [0.05, 0.1) is 19.1 Å². The first-order chi connectivity index (χ1) is 21.3. The second kappa shape index (κ2) is 12.7. The Bertz CT molecular complexity index is 1600. The van der Waals surface area contributed by atoms with Gasteiger partial charge in [0, 0.05) is 12.5 Å². The number of benzene rings is 3. The number of alkyl halides is 4. The average molecular weight is 667 g/mol. The van der Waals surface area contributed by atoms with E-state index in [0.717, 1.165) is 18.2 Å². The van der Waals surface area contributed by atoms with Crippen LogP contribution < -0.4 is 14.8 Å². The minimum absolute atomic E-state index is 0.0599. The molecule has 0 aliphatic carbocycles. The van der Waals surface area contributed by atoms with Crippen molar-refractivity contribution < 1.29 is 45.4 Å². The van der Waals surface area contributed by atoms with Gasteiger partial charge in [0.2, 0.25) is 11.8 Å². The summed E-state index contributed by atoms with van der Waals surface area (Å²) >= 11 is 0. The van der Waals surface area contributed by atoms with Crippen molar-refractivity contribution >= 4 is 20.0 Å². The lowest BCUT2D eigenvalue weighted by atomic mass is 9.77. The molecule has 1 aliphatic rings. The van der Waals surface area contributed by atoms with Crippen LogP contribution in [0.25, 0.3) is 0 Å². The van der Waals surface area contributed by atoms with Gasteiger partial charge in [-0.15, -0.1) is 0 Å². The Balaban J connectivity index is 1.95. The number of hydrogen-bond acceptors (Lipinski definition) is 4. The third-order valence-electron chi connectivity index (χ3n) is 8.85. The average Bonchev–Trinajstić information content (AvgIpc) is 2.94. The van der Waals surface area contributed by atoms with E-state index in [9.17, 15) is 27.2 Å². The molecule has 2 atom stereocenters. The van der Waals surface area contributed by atoms with Gasteiger partial charge in [0.15, 0.2) is 19.8 Å². The van der Waals surface area contributed by atoms with E-state index in [2.05, 4.69) is 10.1 Å². The maximum absolute atomic E-state index is 15.3. The summed E-state index contributed by atoms with van der Waals surface area (Å²) in [5.41, 5.74) is -1.46. The number of amides is 2. The summed E-state index contributed by atoms with van der Waals surface area (Å²) < 4.78 is 95.5. The molecule has 4 rings (SSSR count). The van der Waals surface area contributed by atoms with E-state index in [0.29, 0.717) is 11.6 Å². The second-order valence-corrected chi connectivity index (χ2v) is 17.9. The van der Waals surface area contributed by atoms with Crippen molar-refractivity contribution in [3.05, 3.63) is 95.1 Å². The topological polar surface area (TPSA) is 67.9 Å². The summed E-state index contributed by atoms with van der Waals surface area (Å²) in [6, 6.07) is 13.7. The summed E-state index contributed by atoms with van der Waals surface area (Å²) in [6.07, 6.45) is -9.46. The molecular formula is C33H36F6N2O4Si. The highest BCUT2D eigenvalue weighted by atomic mass is 28.3. The van der Waals surface area contributed by atoms with Gasteiger partial charge in [0.1, 0.15) is 17.6 Å². The van der Waals surface area contributed by atoms with Gasteiger partial charge < -0.3 is 19.4 Å². The predicted octanol–water partition coefficient (Wildman–Crippen LogP) is 7.42. The monoisotopic (exact) mass is 666 g/mol. The standard InChI is InChI=1S/C33H36F6N2O4Si/c1-31(2,3)46(5,6)41-26(18-28(41)42)29(43)40-32(19-20-10-8-7-9-11-20,21-12-13-27(44-4)25(35)16-21)22-14-23(34)17-24(15-22)45-33(38,39)30(36)37/h7-17,26,30H,18-19H2,1-6H3,(H,40,43)/t26?,32-/m1/s1. The van der Waals surface area contributed by atoms with Gasteiger partial charge >= 0.3 is 12.5 Å². The number of methoxy groups -OCH3 is 1. The van der Waals surface area contributed by atoms with Crippen LogP contribution in [-0.4, -0.2) is 50.3 Å². The van der Waals surface area contributed by atoms with Crippen LogP contribution >= 0.6 is 0 Å². The van der Waals surface area contributed by atoms with Crippen molar-refractivity contribution in [3.8, 4) is 11.5 Å². The zero-order valence-electron chi connectivity index (χ0n) is 26.3. The number of carbonyl (C=O) groups is 2. The summed E-state index contributed by atoms with van der Waals surface area (Å²) in [4.78, 5) is 27.2. The van der Waals surface area contributed by atoms with Crippen LogP contribution in [0.1, 0.15) is 43.9 Å². The minimum atomic E-state index is -4.96. The third kappa shape index (κ3) is 6.74. The molecule has 1 saturated heterocycles. The van der Waals surface area contributed by atoms with E-state index in [-0.39, 0.29) is 40.7 Å². The van der Waals surface area contributed by atoms with Crippen LogP contribution in [0.15, 0.2) is 66.7 Å². The number of hydrogen-bond donors (Lipinski definition) is 1. The second-order valence-electron chi connectivity index (χ2n) is 12.8. The first-order valence-electron chi connectivity index (χ1n) is 14.5. The first-order valence-corrected chi connectivity index (χ1v) is 17.5. The molecule has 0 spiro atoms. The van der Waals surface area contributed by atoms with Crippen LogP contribution in [0.3, 0.4) is 0 Å². The Kier molecular flexibility index (Phi) is 9.59. The normalized spacial score (nSPS) is 16.9. The maximum atomic E-state index is 15.3. The number of rotatable bonds is 11. The van der Waals surface area contributed by atoms with Crippen molar-refractivity contribution in [1.82, 2.24) is 9.88 Å². The molecule has 13 heteroatoms. The highest BCUT2D eigenvalue weighted by molar-refractivity contribution is 6.80. The fraction of sp³-hybridized carbons (Fsp3) is 0.394. The molecule has 1 heterocycles. The van der Waals surface area contributed by atoms with Gasteiger partial charge in [-0.05, 0) is 46.0 Å². The summed E-state index contributed by atoms with van der Waals surface area (Å²) in [5.74, 6) is -3.93. The molecule has 2 amide bonds.